The first kappa shape index (κ1) is 22.5. The third-order valence-corrected chi connectivity index (χ3v) is 5.52. The molecule has 31 heavy (non-hydrogen) atoms. The summed E-state index contributed by atoms with van der Waals surface area (Å²) >= 11 is 0. The molecule has 7 nitrogen and oxygen atoms in total. The van der Waals surface area contributed by atoms with Crippen molar-refractivity contribution >= 4 is 12.0 Å². The summed E-state index contributed by atoms with van der Waals surface area (Å²) in [6.45, 7) is 0.130. The van der Waals surface area contributed by atoms with Crippen LogP contribution in [0.4, 0.5) is 0 Å². The van der Waals surface area contributed by atoms with Crippen molar-refractivity contribution in [1.82, 2.24) is 5.32 Å². The molecule has 7 heteroatoms. The van der Waals surface area contributed by atoms with E-state index >= 15 is 0 Å². The number of rotatable bonds is 8. The van der Waals surface area contributed by atoms with E-state index in [0.29, 0.717) is 23.7 Å². The summed E-state index contributed by atoms with van der Waals surface area (Å²) in [5, 5.41) is 14.0. The van der Waals surface area contributed by atoms with Crippen LogP contribution in [0, 0.1) is 0 Å². The number of amides is 1. The standard InChI is InChI=1S/C24H29NO6/c1-28-18-8-9-19-17(14-18)6-5-11-24(19,27)15-25-22(26)10-7-16-12-20(29-2)23(31-4)21(13-16)30-3/h7-10,12-14,27H,5-6,11,15H2,1-4H3,(H,25,26)/b10-7+. The van der Waals surface area contributed by atoms with Crippen molar-refractivity contribution in [3.8, 4) is 23.0 Å². The number of carbonyl (C=O) groups excluding carboxylic acids is 1. The molecule has 0 saturated carbocycles. The Balaban J connectivity index is 1.70. The second kappa shape index (κ2) is 9.75. The van der Waals surface area contributed by atoms with Crippen LogP contribution in [0.25, 0.3) is 6.08 Å². The van der Waals surface area contributed by atoms with E-state index in [4.69, 9.17) is 18.9 Å². The first-order valence-corrected chi connectivity index (χ1v) is 10.1. The van der Waals surface area contributed by atoms with Crippen LogP contribution < -0.4 is 24.3 Å². The predicted molar refractivity (Wildman–Crippen MR) is 118 cm³/mol. The van der Waals surface area contributed by atoms with E-state index in [1.807, 2.05) is 18.2 Å². The molecule has 1 amide bonds. The van der Waals surface area contributed by atoms with Crippen LogP contribution in [0.1, 0.15) is 29.5 Å². The van der Waals surface area contributed by atoms with Crippen molar-refractivity contribution in [1.29, 1.82) is 0 Å². The fourth-order valence-electron chi connectivity index (χ4n) is 3.91. The average molecular weight is 427 g/mol. The minimum absolute atomic E-state index is 0.130. The molecule has 2 aromatic rings. The first-order chi connectivity index (χ1) is 14.9. The van der Waals surface area contributed by atoms with Crippen molar-refractivity contribution < 1.29 is 28.8 Å². The zero-order valence-electron chi connectivity index (χ0n) is 18.4. The van der Waals surface area contributed by atoms with Crippen LogP contribution in [0.2, 0.25) is 0 Å². The Labute approximate surface area is 182 Å². The van der Waals surface area contributed by atoms with Gasteiger partial charge in [0.15, 0.2) is 11.5 Å². The van der Waals surface area contributed by atoms with Gasteiger partial charge in [-0.15, -0.1) is 0 Å². The number of carbonyl (C=O) groups is 1. The molecule has 2 aromatic carbocycles. The topological polar surface area (TPSA) is 86.3 Å². The number of ether oxygens (including phenoxy) is 4. The zero-order chi connectivity index (χ0) is 22.4. The summed E-state index contributed by atoms with van der Waals surface area (Å²) in [4.78, 5) is 12.4. The normalized spacial score (nSPS) is 17.7. The van der Waals surface area contributed by atoms with Gasteiger partial charge in [0, 0.05) is 6.08 Å². The molecular formula is C24H29NO6. The van der Waals surface area contributed by atoms with Crippen LogP contribution in [0.3, 0.4) is 0 Å². The third kappa shape index (κ3) is 4.94. The van der Waals surface area contributed by atoms with Gasteiger partial charge < -0.3 is 29.4 Å². The van der Waals surface area contributed by atoms with Crippen LogP contribution in [0.15, 0.2) is 36.4 Å². The number of aliphatic hydroxyl groups is 1. The quantitative estimate of drug-likeness (QED) is 0.630. The maximum absolute atomic E-state index is 12.4. The SMILES string of the molecule is COc1ccc2c(c1)CCCC2(O)CNC(=O)/C=C/c1cc(OC)c(OC)c(OC)c1. The molecule has 1 aliphatic rings. The number of benzene rings is 2. The fourth-order valence-corrected chi connectivity index (χ4v) is 3.91. The third-order valence-electron chi connectivity index (χ3n) is 5.52. The first-order valence-electron chi connectivity index (χ1n) is 10.1. The Kier molecular flexibility index (Phi) is 7.07. The van der Waals surface area contributed by atoms with E-state index in [-0.39, 0.29) is 12.5 Å². The van der Waals surface area contributed by atoms with Crippen LogP contribution >= 0.6 is 0 Å². The maximum Gasteiger partial charge on any atom is 0.244 e. The highest BCUT2D eigenvalue weighted by atomic mass is 16.5. The van der Waals surface area contributed by atoms with Crippen LogP contribution in [0.5, 0.6) is 23.0 Å². The maximum atomic E-state index is 12.4. The molecule has 1 atom stereocenters. The molecular weight excluding hydrogens is 398 g/mol. The highest BCUT2D eigenvalue weighted by Gasteiger charge is 2.34. The van der Waals surface area contributed by atoms with Gasteiger partial charge in [0.1, 0.15) is 11.4 Å². The number of fused-ring (bicyclic) bond motifs is 1. The molecule has 0 spiro atoms. The number of hydrogen-bond acceptors (Lipinski definition) is 6. The average Bonchev–Trinajstić information content (AvgIpc) is 2.80. The zero-order valence-corrected chi connectivity index (χ0v) is 18.4. The van der Waals surface area contributed by atoms with Crippen molar-refractivity contribution in [3.05, 3.63) is 53.1 Å². The monoisotopic (exact) mass is 427 g/mol. The van der Waals surface area contributed by atoms with Gasteiger partial charge in [-0.2, -0.15) is 0 Å². The molecule has 2 N–H and O–H groups in total. The molecule has 0 aliphatic heterocycles. The minimum Gasteiger partial charge on any atom is -0.497 e. The summed E-state index contributed by atoms with van der Waals surface area (Å²) in [5.41, 5.74) is 1.51. The Bertz CT molecular complexity index is 946. The van der Waals surface area contributed by atoms with Crippen LogP contribution in [-0.4, -0.2) is 46.0 Å². The van der Waals surface area contributed by atoms with Crippen molar-refractivity contribution in [2.45, 2.75) is 24.9 Å². The molecule has 1 unspecified atom stereocenters. The Morgan fingerprint density at radius 3 is 2.39 bits per heavy atom. The molecule has 1 aliphatic carbocycles. The number of nitrogens with one attached hydrogen (secondary N) is 1. The highest BCUT2D eigenvalue weighted by molar-refractivity contribution is 5.92. The summed E-state index contributed by atoms with van der Waals surface area (Å²) < 4.78 is 21.3. The highest BCUT2D eigenvalue weighted by Crippen LogP contribution is 2.39. The van der Waals surface area contributed by atoms with Gasteiger partial charge in [-0.1, -0.05) is 6.07 Å². The van der Waals surface area contributed by atoms with E-state index in [0.717, 1.165) is 35.3 Å². The van der Waals surface area contributed by atoms with Gasteiger partial charge >= 0.3 is 0 Å². The fraction of sp³-hybridized carbons (Fsp3) is 0.375. The molecule has 0 fully saturated rings. The van der Waals surface area contributed by atoms with Crippen molar-refractivity contribution in [2.75, 3.05) is 35.0 Å². The molecule has 0 radical (unpaired) electrons. The molecule has 166 valence electrons. The smallest absolute Gasteiger partial charge is 0.244 e. The van der Waals surface area contributed by atoms with Gasteiger partial charge in [-0.25, -0.2) is 0 Å². The van der Waals surface area contributed by atoms with E-state index in [1.54, 1.807) is 25.3 Å². The molecule has 0 bridgehead atoms. The van der Waals surface area contributed by atoms with Gasteiger partial charge in [0.2, 0.25) is 11.7 Å². The molecule has 3 rings (SSSR count). The summed E-state index contributed by atoms with van der Waals surface area (Å²) in [6.07, 6.45) is 5.38. The van der Waals surface area contributed by atoms with Gasteiger partial charge in [-0.3, -0.25) is 4.79 Å². The Hall–Kier alpha value is -3.19. The van der Waals surface area contributed by atoms with E-state index < -0.39 is 5.60 Å². The summed E-state index contributed by atoms with van der Waals surface area (Å²) in [7, 11) is 6.23. The number of aryl methyl sites for hydroxylation is 1. The molecule has 0 saturated heterocycles. The lowest BCUT2D eigenvalue weighted by Crippen LogP contribution is -2.42. The predicted octanol–water partition coefficient (Wildman–Crippen LogP) is 3.07. The van der Waals surface area contributed by atoms with Gasteiger partial charge in [0.25, 0.3) is 0 Å². The minimum atomic E-state index is -1.10. The van der Waals surface area contributed by atoms with Crippen LogP contribution in [-0.2, 0) is 16.8 Å². The lowest BCUT2D eigenvalue weighted by Gasteiger charge is -2.34. The second-order valence-corrected chi connectivity index (χ2v) is 7.42. The van der Waals surface area contributed by atoms with Gasteiger partial charge in [0.05, 0.1) is 35.0 Å². The number of methoxy groups -OCH3 is 4. The van der Waals surface area contributed by atoms with E-state index in [9.17, 15) is 9.90 Å². The van der Waals surface area contributed by atoms with Crippen molar-refractivity contribution in [3.63, 3.8) is 0 Å². The largest absolute Gasteiger partial charge is 0.497 e. The lowest BCUT2D eigenvalue weighted by molar-refractivity contribution is -0.118. The van der Waals surface area contributed by atoms with E-state index in [1.165, 1.54) is 27.4 Å². The molecule has 0 aromatic heterocycles. The summed E-state index contributed by atoms with van der Waals surface area (Å²) in [5.74, 6) is 1.96. The number of hydrogen-bond donors (Lipinski definition) is 2. The van der Waals surface area contributed by atoms with E-state index in [2.05, 4.69) is 5.32 Å². The van der Waals surface area contributed by atoms with Crippen molar-refractivity contribution in [2.24, 2.45) is 0 Å². The Morgan fingerprint density at radius 1 is 1.06 bits per heavy atom. The second-order valence-electron chi connectivity index (χ2n) is 7.42. The Morgan fingerprint density at radius 2 is 1.77 bits per heavy atom. The molecule has 0 heterocycles. The summed E-state index contributed by atoms with van der Waals surface area (Å²) in [6, 6.07) is 9.17. The lowest BCUT2D eigenvalue weighted by atomic mass is 9.79. The van der Waals surface area contributed by atoms with Gasteiger partial charge in [-0.05, 0) is 66.3 Å².